The SMILES string of the molecule is CCCCOCCN(CCCN)c1ccc(C)cc1. The molecule has 19 heavy (non-hydrogen) atoms. The van der Waals surface area contributed by atoms with Crippen LogP contribution in [0.4, 0.5) is 5.69 Å². The van der Waals surface area contributed by atoms with Crippen molar-refractivity contribution in [2.45, 2.75) is 33.1 Å². The second-order valence-electron chi connectivity index (χ2n) is 4.93. The van der Waals surface area contributed by atoms with Crippen molar-refractivity contribution in [1.82, 2.24) is 0 Å². The van der Waals surface area contributed by atoms with Gasteiger partial charge in [-0.25, -0.2) is 0 Å². The molecular weight excluding hydrogens is 236 g/mol. The lowest BCUT2D eigenvalue weighted by Gasteiger charge is -2.24. The summed E-state index contributed by atoms with van der Waals surface area (Å²) in [5.74, 6) is 0. The fourth-order valence-corrected chi connectivity index (χ4v) is 1.93. The van der Waals surface area contributed by atoms with Gasteiger partial charge in [0.25, 0.3) is 0 Å². The zero-order chi connectivity index (χ0) is 13.9. The molecule has 0 heterocycles. The molecule has 1 aromatic rings. The fraction of sp³-hybridized carbons (Fsp3) is 0.625. The normalized spacial score (nSPS) is 10.7. The lowest BCUT2D eigenvalue weighted by molar-refractivity contribution is 0.137. The summed E-state index contributed by atoms with van der Waals surface area (Å²) in [6.07, 6.45) is 3.35. The molecule has 3 nitrogen and oxygen atoms in total. The molecule has 0 aliphatic rings. The maximum Gasteiger partial charge on any atom is 0.0641 e. The number of hydrogen-bond donors (Lipinski definition) is 1. The lowest BCUT2D eigenvalue weighted by atomic mass is 10.2. The van der Waals surface area contributed by atoms with E-state index >= 15 is 0 Å². The number of unbranched alkanes of at least 4 members (excludes halogenated alkanes) is 1. The number of anilines is 1. The first kappa shape index (κ1) is 16.0. The van der Waals surface area contributed by atoms with Gasteiger partial charge in [0, 0.05) is 25.4 Å². The van der Waals surface area contributed by atoms with E-state index < -0.39 is 0 Å². The first-order chi connectivity index (χ1) is 9.27. The second-order valence-corrected chi connectivity index (χ2v) is 4.93. The predicted octanol–water partition coefficient (Wildman–Crippen LogP) is 2.97. The molecule has 1 rings (SSSR count). The van der Waals surface area contributed by atoms with Gasteiger partial charge in [-0.1, -0.05) is 31.0 Å². The van der Waals surface area contributed by atoms with Crippen LogP contribution < -0.4 is 10.6 Å². The largest absolute Gasteiger partial charge is 0.380 e. The molecule has 0 aromatic heterocycles. The van der Waals surface area contributed by atoms with Crippen molar-refractivity contribution in [3.63, 3.8) is 0 Å². The molecule has 108 valence electrons. The van der Waals surface area contributed by atoms with Crippen LogP contribution in [-0.4, -0.2) is 32.8 Å². The Morgan fingerprint density at radius 2 is 1.79 bits per heavy atom. The fourth-order valence-electron chi connectivity index (χ4n) is 1.93. The predicted molar refractivity (Wildman–Crippen MR) is 82.8 cm³/mol. The number of hydrogen-bond acceptors (Lipinski definition) is 3. The molecule has 0 spiro atoms. The number of nitrogens with two attached hydrogens (primary N) is 1. The molecule has 0 fully saturated rings. The van der Waals surface area contributed by atoms with Gasteiger partial charge in [0.1, 0.15) is 0 Å². The Morgan fingerprint density at radius 3 is 2.42 bits per heavy atom. The molecule has 0 atom stereocenters. The van der Waals surface area contributed by atoms with Gasteiger partial charge in [-0.05, 0) is 38.4 Å². The van der Waals surface area contributed by atoms with Crippen LogP contribution in [0.1, 0.15) is 31.7 Å². The van der Waals surface area contributed by atoms with E-state index in [2.05, 4.69) is 43.0 Å². The summed E-state index contributed by atoms with van der Waals surface area (Å²) in [5.41, 5.74) is 8.17. The van der Waals surface area contributed by atoms with E-state index in [1.165, 1.54) is 17.7 Å². The van der Waals surface area contributed by atoms with Gasteiger partial charge in [0.2, 0.25) is 0 Å². The Hall–Kier alpha value is -1.06. The van der Waals surface area contributed by atoms with Gasteiger partial charge in [-0.2, -0.15) is 0 Å². The van der Waals surface area contributed by atoms with E-state index in [4.69, 9.17) is 10.5 Å². The van der Waals surface area contributed by atoms with Crippen molar-refractivity contribution in [3.05, 3.63) is 29.8 Å². The summed E-state index contributed by atoms with van der Waals surface area (Å²) in [5, 5.41) is 0. The van der Waals surface area contributed by atoms with Crippen molar-refractivity contribution in [3.8, 4) is 0 Å². The Bertz CT molecular complexity index is 324. The van der Waals surface area contributed by atoms with Crippen LogP contribution in [0, 0.1) is 6.92 Å². The Morgan fingerprint density at radius 1 is 1.05 bits per heavy atom. The van der Waals surface area contributed by atoms with E-state index in [1.807, 2.05) is 0 Å². The van der Waals surface area contributed by atoms with Crippen molar-refractivity contribution in [2.24, 2.45) is 5.73 Å². The third kappa shape index (κ3) is 6.60. The van der Waals surface area contributed by atoms with Gasteiger partial charge in [-0.15, -0.1) is 0 Å². The number of benzene rings is 1. The first-order valence-corrected chi connectivity index (χ1v) is 7.37. The minimum absolute atomic E-state index is 0.735. The highest BCUT2D eigenvalue weighted by Crippen LogP contribution is 2.15. The van der Waals surface area contributed by atoms with Crippen LogP contribution >= 0.6 is 0 Å². The van der Waals surface area contributed by atoms with E-state index in [1.54, 1.807) is 0 Å². The Kier molecular flexibility index (Phi) is 8.26. The maximum atomic E-state index is 5.66. The van der Waals surface area contributed by atoms with Crippen molar-refractivity contribution < 1.29 is 4.74 Å². The highest BCUT2D eigenvalue weighted by molar-refractivity contribution is 5.47. The number of rotatable bonds is 10. The summed E-state index contributed by atoms with van der Waals surface area (Å²) in [6.45, 7) is 8.63. The number of aryl methyl sites for hydroxylation is 1. The average molecular weight is 264 g/mol. The maximum absolute atomic E-state index is 5.66. The minimum atomic E-state index is 0.735. The standard InChI is InChI=1S/C16H28N2O/c1-3-4-13-19-14-12-18(11-5-10-17)16-8-6-15(2)7-9-16/h6-9H,3-5,10-14,17H2,1-2H3. The van der Waals surface area contributed by atoms with Gasteiger partial charge in [-0.3, -0.25) is 0 Å². The molecule has 0 saturated carbocycles. The molecule has 0 aliphatic heterocycles. The van der Waals surface area contributed by atoms with Gasteiger partial charge >= 0.3 is 0 Å². The van der Waals surface area contributed by atoms with Crippen molar-refractivity contribution in [1.29, 1.82) is 0 Å². The Labute approximate surface area is 117 Å². The van der Waals surface area contributed by atoms with Crippen LogP contribution in [0.2, 0.25) is 0 Å². The lowest BCUT2D eigenvalue weighted by Crippen LogP contribution is -2.29. The van der Waals surface area contributed by atoms with E-state index in [0.29, 0.717) is 0 Å². The summed E-state index contributed by atoms with van der Waals surface area (Å²) >= 11 is 0. The highest BCUT2D eigenvalue weighted by atomic mass is 16.5. The molecular formula is C16H28N2O. The molecule has 0 amide bonds. The summed E-state index contributed by atoms with van der Waals surface area (Å²) in [4.78, 5) is 2.36. The van der Waals surface area contributed by atoms with Crippen LogP contribution in [0.5, 0.6) is 0 Å². The number of nitrogens with zero attached hydrogens (tertiary/aromatic N) is 1. The van der Waals surface area contributed by atoms with Crippen molar-refractivity contribution in [2.75, 3.05) is 37.7 Å². The third-order valence-electron chi connectivity index (χ3n) is 3.18. The van der Waals surface area contributed by atoms with E-state index in [9.17, 15) is 0 Å². The average Bonchev–Trinajstić information content (AvgIpc) is 2.43. The van der Waals surface area contributed by atoms with Crippen LogP contribution in [0.25, 0.3) is 0 Å². The van der Waals surface area contributed by atoms with Gasteiger partial charge in [0.05, 0.1) is 6.61 Å². The van der Waals surface area contributed by atoms with Crippen LogP contribution in [0.15, 0.2) is 24.3 Å². The summed E-state index contributed by atoms with van der Waals surface area (Å²) in [7, 11) is 0. The van der Waals surface area contributed by atoms with E-state index in [0.717, 1.165) is 45.7 Å². The molecule has 0 bridgehead atoms. The van der Waals surface area contributed by atoms with Crippen LogP contribution in [0.3, 0.4) is 0 Å². The number of ether oxygens (including phenoxy) is 1. The molecule has 1 aromatic carbocycles. The third-order valence-corrected chi connectivity index (χ3v) is 3.18. The first-order valence-electron chi connectivity index (χ1n) is 7.37. The zero-order valence-electron chi connectivity index (χ0n) is 12.4. The topological polar surface area (TPSA) is 38.5 Å². The molecule has 0 saturated heterocycles. The molecule has 2 N–H and O–H groups in total. The quantitative estimate of drug-likeness (QED) is 0.660. The van der Waals surface area contributed by atoms with Gasteiger partial charge < -0.3 is 15.4 Å². The second kappa shape index (κ2) is 9.82. The minimum Gasteiger partial charge on any atom is -0.380 e. The smallest absolute Gasteiger partial charge is 0.0641 e. The Balaban J connectivity index is 2.44. The van der Waals surface area contributed by atoms with Crippen molar-refractivity contribution >= 4 is 5.69 Å². The molecule has 0 radical (unpaired) electrons. The molecule has 0 aliphatic carbocycles. The zero-order valence-corrected chi connectivity index (χ0v) is 12.4. The highest BCUT2D eigenvalue weighted by Gasteiger charge is 2.05. The van der Waals surface area contributed by atoms with E-state index in [-0.39, 0.29) is 0 Å². The molecule has 0 unspecified atom stereocenters. The van der Waals surface area contributed by atoms with Crippen LogP contribution in [-0.2, 0) is 4.74 Å². The monoisotopic (exact) mass is 264 g/mol. The van der Waals surface area contributed by atoms with Gasteiger partial charge in [0.15, 0.2) is 0 Å². The summed E-state index contributed by atoms with van der Waals surface area (Å²) in [6, 6.07) is 8.67. The molecule has 3 heteroatoms. The summed E-state index contributed by atoms with van der Waals surface area (Å²) < 4.78 is 5.66.